The Kier molecular flexibility index (Phi) is 4.88. The van der Waals surface area contributed by atoms with E-state index in [4.69, 9.17) is 14.2 Å². The Morgan fingerprint density at radius 2 is 1.55 bits per heavy atom. The van der Waals surface area contributed by atoms with Gasteiger partial charge in [-0.05, 0) is 12.1 Å². The minimum absolute atomic E-state index is 0.179. The molecule has 0 heterocycles. The quantitative estimate of drug-likeness (QED) is 0.831. The number of hydrogen-bond acceptors (Lipinski definition) is 5. The normalized spacial score (nSPS) is 10.0. The molecule has 1 N–H and O–H groups in total. The lowest BCUT2D eigenvalue weighted by atomic mass is 9.99. The first-order chi connectivity index (χ1) is 10.7. The number of ether oxygens (including phenoxy) is 3. The van der Waals surface area contributed by atoms with Crippen LogP contribution in [0.2, 0.25) is 0 Å². The van der Waals surface area contributed by atoms with E-state index in [1.807, 2.05) is 18.2 Å². The van der Waals surface area contributed by atoms with Crippen LogP contribution in [0, 0.1) is 0 Å². The van der Waals surface area contributed by atoms with Gasteiger partial charge in [0, 0.05) is 30.4 Å². The summed E-state index contributed by atoms with van der Waals surface area (Å²) >= 11 is 0. The van der Waals surface area contributed by atoms with Crippen LogP contribution in [0.15, 0.2) is 36.4 Å². The molecule has 0 radical (unpaired) electrons. The molecule has 0 aliphatic heterocycles. The van der Waals surface area contributed by atoms with E-state index in [0.29, 0.717) is 28.4 Å². The maximum absolute atomic E-state index is 12.9. The summed E-state index contributed by atoms with van der Waals surface area (Å²) in [7, 11) is 6.34. The number of benzene rings is 2. The van der Waals surface area contributed by atoms with E-state index < -0.39 is 0 Å². The summed E-state index contributed by atoms with van der Waals surface area (Å²) < 4.78 is 15.9. The zero-order valence-corrected chi connectivity index (χ0v) is 13.1. The monoisotopic (exact) mass is 301 g/mol. The smallest absolute Gasteiger partial charge is 0.202 e. The Morgan fingerprint density at radius 1 is 0.955 bits per heavy atom. The number of hydrogen-bond donors (Lipinski definition) is 1. The standard InChI is InChI=1S/C17H19NO4/c1-18-13-8-6-5-7-12(13)17(19)16-14(21-3)9-11(20-2)10-15(16)22-4/h5-10,18H,1-4H3. The molecular formula is C17H19NO4. The fourth-order valence-electron chi connectivity index (χ4n) is 2.26. The average molecular weight is 301 g/mol. The molecule has 2 aromatic carbocycles. The number of carbonyl (C=O) groups excluding carboxylic acids is 1. The first-order valence-electron chi connectivity index (χ1n) is 6.77. The summed E-state index contributed by atoms with van der Waals surface area (Å²) in [6, 6.07) is 10.6. The number of rotatable bonds is 6. The Hall–Kier alpha value is -2.69. The predicted molar refractivity (Wildman–Crippen MR) is 85.5 cm³/mol. The van der Waals surface area contributed by atoms with Crippen molar-refractivity contribution in [2.75, 3.05) is 33.7 Å². The van der Waals surface area contributed by atoms with E-state index in [9.17, 15) is 4.79 Å². The Labute approximate surface area is 129 Å². The lowest BCUT2D eigenvalue weighted by molar-refractivity contribution is 0.103. The number of methoxy groups -OCH3 is 3. The topological polar surface area (TPSA) is 56.8 Å². The van der Waals surface area contributed by atoms with Crippen LogP contribution in [0.1, 0.15) is 15.9 Å². The van der Waals surface area contributed by atoms with Crippen molar-refractivity contribution in [3.05, 3.63) is 47.5 Å². The number of nitrogens with one attached hydrogen (secondary N) is 1. The van der Waals surface area contributed by atoms with Crippen molar-refractivity contribution in [1.82, 2.24) is 0 Å². The molecule has 0 aromatic heterocycles. The molecule has 0 amide bonds. The molecule has 0 unspecified atom stereocenters. The van der Waals surface area contributed by atoms with Crippen LogP contribution in [0.5, 0.6) is 17.2 Å². The van der Waals surface area contributed by atoms with Crippen molar-refractivity contribution in [2.45, 2.75) is 0 Å². The lowest BCUT2D eigenvalue weighted by Gasteiger charge is -2.15. The molecule has 2 rings (SSSR count). The first kappa shape index (κ1) is 15.7. The zero-order chi connectivity index (χ0) is 16.1. The van der Waals surface area contributed by atoms with Crippen molar-refractivity contribution in [2.24, 2.45) is 0 Å². The van der Waals surface area contributed by atoms with Gasteiger partial charge >= 0.3 is 0 Å². The second-order valence-electron chi connectivity index (χ2n) is 4.53. The van der Waals surface area contributed by atoms with Crippen LogP contribution in [0.4, 0.5) is 5.69 Å². The van der Waals surface area contributed by atoms with Crippen molar-refractivity contribution >= 4 is 11.5 Å². The van der Waals surface area contributed by atoms with Crippen LogP contribution >= 0.6 is 0 Å². The molecule has 2 aromatic rings. The third kappa shape index (κ3) is 2.83. The fraction of sp³-hybridized carbons (Fsp3) is 0.235. The molecular weight excluding hydrogens is 282 g/mol. The number of para-hydroxylation sites is 1. The summed E-state index contributed by atoms with van der Waals surface area (Å²) in [5, 5.41) is 3.02. The van der Waals surface area contributed by atoms with Gasteiger partial charge in [0.2, 0.25) is 5.78 Å². The zero-order valence-electron chi connectivity index (χ0n) is 13.1. The molecule has 0 saturated carbocycles. The van der Waals surface area contributed by atoms with E-state index in [0.717, 1.165) is 5.69 Å². The molecule has 0 bridgehead atoms. The van der Waals surface area contributed by atoms with Crippen LogP contribution in [0.3, 0.4) is 0 Å². The van der Waals surface area contributed by atoms with E-state index in [1.54, 1.807) is 32.4 Å². The van der Waals surface area contributed by atoms with E-state index in [2.05, 4.69) is 5.32 Å². The number of carbonyl (C=O) groups is 1. The largest absolute Gasteiger partial charge is 0.496 e. The van der Waals surface area contributed by atoms with Gasteiger partial charge in [0.25, 0.3) is 0 Å². The van der Waals surface area contributed by atoms with Crippen LogP contribution in [0.25, 0.3) is 0 Å². The Balaban J connectivity index is 2.62. The molecule has 0 aliphatic rings. The van der Waals surface area contributed by atoms with Gasteiger partial charge in [0.05, 0.1) is 21.3 Å². The second kappa shape index (κ2) is 6.85. The molecule has 22 heavy (non-hydrogen) atoms. The van der Waals surface area contributed by atoms with Crippen LogP contribution in [-0.4, -0.2) is 34.2 Å². The van der Waals surface area contributed by atoms with Gasteiger partial charge < -0.3 is 19.5 Å². The van der Waals surface area contributed by atoms with Gasteiger partial charge in [-0.25, -0.2) is 0 Å². The van der Waals surface area contributed by atoms with Crippen molar-refractivity contribution in [1.29, 1.82) is 0 Å². The summed E-state index contributed by atoms with van der Waals surface area (Å²) in [6.45, 7) is 0. The molecule has 0 saturated heterocycles. The summed E-state index contributed by atoms with van der Waals surface area (Å²) in [6.07, 6.45) is 0. The maximum Gasteiger partial charge on any atom is 0.202 e. The minimum Gasteiger partial charge on any atom is -0.496 e. The first-order valence-corrected chi connectivity index (χ1v) is 6.77. The second-order valence-corrected chi connectivity index (χ2v) is 4.53. The highest BCUT2D eigenvalue weighted by atomic mass is 16.5. The van der Waals surface area contributed by atoms with E-state index >= 15 is 0 Å². The van der Waals surface area contributed by atoms with Gasteiger partial charge in [-0.3, -0.25) is 4.79 Å². The van der Waals surface area contributed by atoms with Gasteiger partial charge in [0.15, 0.2) is 0 Å². The van der Waals surface area contributed by atoms with Gasteiger partial charge in [-0.15, -0.1) is 0 Å². The van der Waals surface area contributed by atoms with Gasteiger partial charge in [0.1, 0.15) is 22.8 Å². The third-order valence-corrected chi connectivity index (χ3v) is 3.38. The highest BCUT2D eigenvalue weighted by Gasteiger charge is 2.23. The summed E-state index contributed by atoms with van der Waals surface area (Å²) in [5.41, 5.74) is 1.66. The minimum atomic E-state index is -0.179. The molecule has 0 fully saturated rings. The SMILES string of the molecule is CNc1ccccc1C(=O)c1c(OC)cc(OC)cc1OC. The van der Waals surface area contributed by atoms with Crippen LogP contribution < -0.4 is 19.5 Å². The third-order valence-electron chi connectivity index (χ3n) is 3.38. The lowest BCUT2D eigenvalue weighted by Crippen LogP contribution is -2.09. The average Bonchev–Trinajstić information content (AvgIpc) is 2.59. The fourth-order valence-corrected chi connectivity index (χ4v) is 2.26. The molecule has 5 heteroatoms. The molecule has 116 valence electrons. The molecule has 5 nitrogen and oxygen atoms in total. The number of ketones is 1. The molecule has 0 aliphatic carbocycles. The highest BCUT2D eigenvalue weighted by Crippen LogP contribution is 2.36. The van der Waals surface area contributed by atoms with E-state index in [1.165, 1.54) is 14.2 Å². The molecule has 0 spiro atoms. The molecule has 0 atom stereocenters. The van der Waals surface area contributed by atoms with Crippen LogP contribution in [-0.2, 0) is 0 Å². The Bertz CT molecular complexity index is 657. The summed E-state index contributed by atoms with van der Waals surface area (Å²) in [4.78, 5) is 12.9. The Morgan fingerprint density at radius 3 is 2.05 bits per heavy atom. The van der Waals surface area contributed by atoms with Gasteiger partial charge in [-0.2, -0.15) is 0 Å². The van der Waals surface area contributed by atoms with Gasteiger partial charge in [-0.1, -0.05) is 12.1 Å². The van der Waals surface area contributed by atoms with Crippen molar-refractivity contribution in [3.63, 3.8) is 0 Å². The predicted octanol–water partition coefficient (Wildman–Crippen LogP) is 2.99. The highest BCUT2D eigenvalue weighted by molar-refractivity contribution is 6.15. The van der Waals surface area contributed by atoms with Crippen molar-refractivity contribution < 1.29 is 19.0 Å². The maximum atomic E-state index is 12.9. The number of anilines is 1. The van der Waals surface area contributed by atoms with Crippen molar-refractivity contribution in [3.8, 4) is 17.2 Å². The summed E-state index contributed by atoms with van der Waals surface area (Å²) in [5.74, 6) is 1.20. The van der Waals surface area contributed by atoms with E-state index in [-0.39, 0.29) is 5.78 Å².